The topological polar surface area (TPSA) is 54.4 Å². The smallest absolute Gasteiger partial charge is 0.233 e. The molecule has 0 aliphatic heterocycles. The Labute approximate surface area is 124 Å². The number of Topliss-reactive ketones (excluding diaryl/α,β-unsaturated/α-hetero) is 1. The van der Waals surface area contributed by atoms with Gasteiger partial charge >= 0.3 is 0 Å². The van der Waals surface area contributed by atoms with E-state index in [1.165, 1.54) is 0 Å². The zero-order valence-electron chi connectivity index (χ0n) is 12.0. The molecule has 107 valence electrons. The van der Waals surface area contributed by atoms with Crippen LogP contribution in [0.4, 0.5) is 0 Å². The van der Waals surface area contributed by atoms with Gasteiger partial charge in [0, 0.05) is 5.56 Å². The average Bonchev–Trinajstić information content (AvgIpc) is 2.48. The molecule has 2 atom stereocenters. The fourth-order valence-electron chi connectivity index (χ4n) is 2.37. The molecule has 2 rings (SSSR count). The number of ketones is 1. The second-order valence-electron chi connectivity index (χ2n) is 5.11. The van der Waals surface area contributed by atoms with E-state index in [-0.39, 0.29) is 11.7 Å². The first-order valence-corrected chi connectivity index (χ1v) is 6.79. The van der Waals surface area contributed by atoms with Crippen LogP contribution in [-0.2, 0) is 9.59 Å². The molecule has 2 aromatic carbocycles. The number of hydrogen-bond donors (Lipinski definition) is 1. The largest absolute Gasteiger partial charge is 0.389 e. The molecule has 0 aromatic heterocycles. The van der Waals surface area contributed by atoms with Crippen molar-refractivity contribution in [2.24, 2.45) is 0 Å². The number of rotatable bonds is 5. The van der Waals surface area contributed by atoms with Gasteiger partial charge in [0.2, 0.25) is 6.29 Å². The molecule has 0 amide bonds. The summed E-state index contributed by atoms with van der Waals surface area (Å²) in [6.07, 6.45) is 1.29. The summed E-state index contributed by atoms with van der Waals surface area (Å²) in [6, 6.07) is 14.2. The second kappa shape index (κ2) is 6.46. The van der Waals surface area contributed by atoms with Crippen molar-refractivity contribution < 1.29 is 14.7 Å². The van der Waals surface area contributed by atoms with Gasteiger partial charge in [-0.1, -0.05) is 48.5 Å². The van der Waals surface area contributed by atoms with Crippen LogP contribution in [0.15, 0.2) is 48.5 Å². The summed E-state index contributed by atoms with van der Waals surface area (Å²) in [7, 11) is 0. The molecule has 0 bridgehead atoms. The maximum Gasteiger partial charge on any atom is 0.233 e. The molecule has 2 aromatic rings. The van der Waals surface area contributed by atoms with Crippen molar-refractivity contribution >= 4 is 12.1 Å². The number of aliphatic hydroxyl groups is 1. The van der Waals surface area contributed by atoms with Crippen molar-refractivity contribution in [2.45, 2.75) is 25.9 Å². The Morgan fingerprint density at radius 2 is 1.38 bits per heavy atom. The van der Waals surface area contributed by atoms with E-state index in [2.05, 4.69) is 0 Å². The lowest BCUT2D eigenvalue weighted by Crippen LogP contribution is -2.10. The van der Waals surface area contributed by atoms with Gasteiger partial charge in [0.05, 0.1) is 12.0 Å². The van der Waals surface area contributed by atoms with Gasteiger partial charge in [-0.25, -0.2) is 0 Å². The zero-order valence-corrected chi connectivity index (χ0v) is 12.0. The monoisotopic (exact) mass is 281 g/mol. The van der Waals surface area contributed by atoms with Gasteiger partial charge in [0.15, 0.2) is 0 Å². The Bertz CT molecular complexity index is 625. The Balaban J connectivity index is 2.38. The first-order chi connectivity index (χ1) is 10.0. The lowest BCUT2D eigenvalue weighted by Gasteiger charge is -2.16. The predicted octanol–water partition coefficient (Wildman–Crippen LogP) is 2.92. The predicted molar refractivity (Wildman–Crippen MR) is 80.8 cm³/mol. The highest BCUT2D eigenvalue weighted by atomic mass is 16.3. The molecular formula is C18H17O3. The van der Waals surface area contributed by atoms with E-state index in [1.807, 2.05) is 30.6 Å². The molecule has 21 heavy (non-hydrogen) atoms. The first-order valence-electron chi connectivity index (χ1n) is 6.79. The maximum absolute atomic E-state index is 12.0. The van der Waals surface area contributed by atoms with Crippen LogP contribution in [0.1, 0.15) is 48.1 Å². The summed E-state index contributed by atoms with van der Waals surface area (Å²) in [5.41, 5.74) is 2.98. The quantitative estimate of drug-likeness (QED) is 0.916. The van der Waals surface area contributed by atoms with Crippen molar-refractivity contribution in [2.75, 3.05) is 0 Å². The summed E-state index contributed by atoms with van der Waals surface area (Å²) in [5, 5.41) is 9.53. The van der Waals surface area contributed by atoms with Crippen LogP contribution >= 0.6 is 0 Å². The van der Waals surface area contributed by atoms with Gasteiger partial charge in [-0.3, -0.25) is 9.59 Å². The van der Waals surface area contributed by atoms with E-state index in [1.54, 1.807) is 38.1 Å². The van der Waals surface area contributed by atoms with Crippen molar-refractivity contribution in [1.82, 2.24) is 0 Å². The normalized spacial score (nSPS) is 13.5. The molecule has 2 unspecified atom stereocenters. The molecule has 0 saturated heterocycles. The van der Waals surface area contributed by atoms with E-state index in [9.17, 15) is 14.7 Å². The summed E-state index contributed by atoms with van der Waals surface area (Å²) in [4.78, 5) is 22.6. The van der Waals surface area contributed by atoms with E-state index in [0.717, 1.165) is 16.7 Å². The van der Waals surface area contributed by atoms with Gasteiger partial charge in [-0.05, 0) is 30.5 Å². The molecule has 1 radical (unpaired) electrons. The van der Waals surface area contributed by atoms with Crippen LogP contribution in [0.5, 0.6) is 0 Å². The molecule has 0 aliphatic carbocycles. The highest BCUT2D eigenvalue weighted by Gasteiger charge is 2.19. The molecule has 0 aliphatic rings. The number of benzene rings is 2. The third-order valence-electron chi connectivity index (χ3n) is 3.52. The highest BCUT2D eigenvalue weighted by Crippen LogP contribution is 2.27. The maximum atomic E-state index is 12.0. The Morgan fingerprint density at radius 3 is 1.76 bits per heavy atom. The van der Waals surface area contributed by atoms with Gasteiger partial charge < -0.3 is 5.11 Å². The molecule has 0 fully saturated rings. The first kappa shape index (κ1) is 15.1. The minimum atomic E-state index is -0.530. The van der Waals surface area contributed by atoms with E-state index in [4.69, 9.17) is 0 Å². The number of hydrogen-bond acceptors (Lipinski definition) is 3. The van der Waals surface area contributed by atoms with Crippen LogP contribution in [0.2, 0.25) is 0 Å². The number of carbonyl (C=O) groups excluding carboxylic acids is 2. The minimum Gasteiger partial charge on any atom is -0.389 e. The summed E-state index contributed by atoms with van der Waals surface area (Å²) < 4.78 is 0. The van der Waals surface area contributed by atoms with Crippen molar-refractivity contribution in [3.63, 3.8) is 0 Å². The lowest BCUT2D eigenvalue weighted by molar-refractivity contribution is -0.117. The van der Waals surface area contributed by atoms with E-state index in [0.29, 0.717) is 5.56 Å². The van der Waals surface area contributed by atoms with Gasteiger partial charge in [0.25, 0.3) is 0 Å². The summed E-state index contributed by atoms with van der Waals surface area (Å²) in [5.74, 6) is -0.337. The van der Waals surface area contributed by atoms with Crippen molar-refractivity contribution in [1.29, 1.82) is 0 Å². The van der Waals surface area contributed by atoms with Crippen LogP contribution in [0.3, 0.4) is 0 Å². The standard InChI is InChI=1S/C18H17O3/c1-12(20)15-7-9-17(10-8-15)18(13(2)21)16-5-3-14(11-19)4-6-16/h3-10,12,18,20H,1-2H3. The minimum absolute atomic E-state index is 0.0302. The van der Waals surface area contributed by atoms with Crippen LogP contribution in [-0.4, -0.2) is 17.2 Å². The van der Waals surface area contributed by atoms with Gasteiger partial charge in [-0.15, -0.1) is 0 Å². The number of aliphatic hydroxyl groups excluding tert-OH is 1. The SMILES string of the molecule is CC(=O)C(c1ccc([C]=O)cc1)c1ccc(C(C)O)cc1. The fourth-order valence-corrected chi connectivity index (χ4v) is 2.37. The van der Waals surface area contributed by atoms with E-state index >= 15 is 0 Å². The molecule has 0 saturated carbocycles. The molecule has 3 heteroatoms. The molecule has 0 spiro atoms. The van der Waals surface area contributed by atoms with Crippen LogP contribution in [0, 0.1) is 0 Å². The Morgan fingerprint density at radius 1 is 0.952 bits per heavy atom. The van der Waals surface area contributed by atoms with Gasteiger partial charge in [-0.2, -0.15) is 0 Å². The Hall–Kier alpha value is -2.26. The van der Waals surface area contributed by atoms with E-state index < -0.39 is 6.10 Å². The average molecular weight is 281 g/mol. The second-order valence-corrected chi connectivity index (χ2v) is 5.11. The summed E-state index contributed by atoms with van der Waals surface area (Å²) >= 11 is 0. The number of carbonyl (C=O) groups is 1. The zero-order chi connectivity index (χ0) is 15.4. The van der Waals surface area contributed by atoms with Crippen molar-refractivity contribution in [3.8, 4) is 0 Å². The third-order valence-corrected chi connectivity index (χ3v) is 3.52. The highest BCUT2D eigenvalue weighted by molar-refractivity contribution is 5.87. The Kier molecular flexibility index (Phi) is 4.66. The van der Waals surface area contributed by atoms with Gasteiger partial charge in [0.1, 0.15) is 5.78 Å². The van der Waals surface area contributed by atoms with Crippen molar-refractivity contribution in [3.05, 3.63) is 70.8 Å². The lowest BCUT2D eigenvalue weighted by atomic mass is 9.87. The van der Waals surface area contributed by atoms with Crippen LogP contribution < -0.4 is 0 Å². The third kappa shape index (κ3) is 3.44. The molecule has 3 nitrogen and oxygen atoms in total. The van der Waals surface area contributed by atoms with Crippen LogP contribution in [0.25, 0.3) is 0 Å². The summed E-state index contributed by atoms with van der Waals surface area (Å²) in [6.45, 7) is 3.25. The molecule has 1 N–H and O–H groups in total. The fraction of sp³-hybridized carbons (Fsp3) is 0.222. The molecular weight excluding hydrogens is 264 g/mol. The molecule has 0 heterocycles.